The molecular formula is C26H26N4O4S. The van der Waals surface area contributed by atoms with Crippen LogP contribution in [0.5, 0.6) is 17.2 Å². The van der Waals surface area contributed by atoms with E-state index >= 15 is 0 Å². The second-order valence-corrected chi connectivity index (χ2v) is 9.44. The smallest absolute Gasteiger partial charge is 0.253 e. The Morgan fingerprint density at radius 2 is 1.71 bits per heavy atom. The second-order valence-electron chi connectivity index (χ2n) is 8.50. The van der Waals surface area contributed by atoms with Gasteiger partial charge in [0.2, 0.25) is 10.9 Å². The molecule has 9 heteroatoms. The van der Waals surface area contributed by atoms with Gasteiger partial charge >= 0.3 is 0 Å². The number of ketones is 1. The van der Waals surface area contributed by atoms with Crippen LogP contribution in [0.15, 0.2) is 47.8 Å². The third-order valence-corrected chi connectivity index (χ3v) is 7.12. The molecule has 1 aliphatic carbocycles. The molecule has 2 aromatic heterocycles. The van der Waals surface area contributed by atoms with Gasteiger partial charge in [0.15, 0.2) is 17.3 Å². The van der Waals surface area contributed by atoms with Crippen molar-refractivity contribution in [3.05, 3.63) is 70.5 Å². The van der Waals surface area contributed by atoms with Gasteiger partial charge in [-0.2, -0.15) is 4.98 Å². The topological polar surface area (TPSA) is 87.8 Å². The number of hydrogen-bond acceptors (Lipinski definition) is 8. The van der Waals surface area contributed by atoms with Crippen molar-refractivity contribution in [1.29, 1.82) is 0 Å². The number of methoxy groups -OCH3 is 3. The molecule has 2 heterocycles. The lowest BCUT2D eigenvalue weighted by Crippen LogP contribution is -2.21. The Hall–Kier alpha value is -3.59. The SMILES string of the molecule is COc1cc([C@@H]2CC(=O)c3cn4nc(SCc5ccc(C)cc5)nc4nc3C2)cc(OC)c1OC. The van der Waals surface area contributed by atoms with Crippen LogP contribution in [0.25, 0.3) is 5.78 Å². The molecule has 8 nitrogen and oxygen atoms in total. The molecule has 35 heavy (non-hydrogen) atoms. The third-order valence-electron chi connectivity index (χ3n) is 6.21. The number of rotatable bonds is 7. The zero-order chi connectivity index (χ0) is 24.5. The van der Waals surface area contributed by atoms with Crippen molar-refractivity contribution in [3.8, 4) is 17.2 Å². The molecule has 4 aromatic rings. The van der Waals surface area contributed by atoms with E-state index in [9.17, 15) is 4.79 Å². The highest BCUT2D eigenvalue weighted by molar-refractivity contribution is 7.98. The van der Waals surface area contributed by atoms with E-state index in [0.717, 1.165) is 17.0 Å². The van der Waals surface area contributed by atoms with E-state index in [4.69, 9.17) is 19.2 Å². The van der Waals surface area contributed by atoms with Crippen LogP contribution in [-0.2, 0) is 12.2 Å². The predicted molar refractivity (Wildman–Crippen MR) is 133 cm³/mol. The maximum absolute atomic E-state index is 13.1. The van der Waals surface area contributed by atoms with Crippen LogP contribution in [0.1, 0.15) is 45.1 Å². The van der Waals surface area contributed by atoms with Crippen molar-refractivity contribution in [3.63, 3.8) is 0 Å². The minimum absolute atomic E-state index is 0.0313. The summed E-state index contributed by atoms with van der Waals surface area (Å²) in [6.45, 7) is 2.07. The first-order valence-electron chi connectivity index (χ1n) is 11.3. The maximum atomic E-state index is 13.1. The number of carbonyl (C=O) groups is 1. The van der Waals surface area contributed by atoms with Crippen molar-refractivity contribution in [2.75, 3.05) is 21.3 Å². The van der Waals surface area contributed by atoms with Crippen LogP contribution in [0.2, 0.25) is 0 Å². The molecule has 1 aliphatic rings. The normalized spacial score (nSPS) is 15.2. The van der Waals surface area contributed by atoms with Crippen molar-refractivity contribution < 1.29 is 19.0 Å². The summed E-state index contributed by atoms with van der Waals surface area (Å²) in [6, 6.07) is 12.2. The Kier molecular flexibility index (Phi) is 6.34. The molecule has 0 bridgehead atoms. The van der Waals surface area contributed by atoms with Crippen LogP contribution in [0.4, 0.5) is 0 Å². The monoisotopic (exact) mass is 490 g/mol. The number of aromatic nitrogens is 4. The number of benzene rings is 2. The van der Waals surface area contributed by atoms with Crippen molar-refractivity contribution in [2.45, 2.75) is 36.6 Å². The second kappa shape index (κ2) is 9.58. The van der Waals surface area contributed by atoms with Crippen molar-refractivity contribution >= 4 is 23.3 Å². The Balaban J connectivity index is 1.41. The van der Waals surface area contributed by atoms with Crippen LogP contribution < -0.4 is 14.2 Å². The lowest BCUT2D eigenvalue weighted by atomic mass is 9.82. The molecule has 0 unspecified atom stereocenters. The lowest BCUT2D eigenvalue weighted by molar-refractivity contribution is 0.0962. The average Bonchev–Trinajstić information content (AvgIpc) is 3.28. The highest BCUT2D eigenvalue weighted by Crippen LogP contribution is 2.42. The van der Waals surface area contributed by atoms with Gasteiger partial charge in [-0.3, -0.25) is 4.79 Å². The van der Waals surface area contributed by atoms with Gasteiger partial charge < -0.3 is 14.2 Å². The molecule has 5 rings (SSSR count). The number of fused-ring (bicyclic) bond motifs is 2. The quantitative estimate of drug-likeness (QED) is 0.346. The van der Waals surface area contributed by atoms with E-state index in [-0.39, 0.29) is 11.7 Å². The fraction of sp³-hybridized carbons (Fsp3) is 0.308. The number of thioether (sulfide) groups is 1. The van der Waals surface area contributed by atoms with Crippen LogP contribution in [0, 0.1) is 6.92 Å². The zero-order valence-electron chi connectivity index (χ0n) is 20.1. The van der Waals surface area contributed by atoms with Crippen molar-refractivity contribution in [2.24, 2.45) is 0 Å². The highest BCUT2D eigenvalue weighted by Gasteiger charge is 2.30. The predicted octanol–water partition coefficient (Wildman–Crippen LogP) is 4.66. The van der Waals surface area contributed by atoms with Gasteiger partial charge in [-0.05, 0) is 42.5 Å². The summed E-state index contributed by atoms with van der Waals surface area (Å²) in [5.41, 5.74) is 4.70. The molecule has 180 valence electrons. The summed E-state index contributed by atoms with van der Waals surface area (Å²) < 4.78 is 18.0. The molecule has 1 atom stereocenters. The van der Waals surface area contributed by atoms with E-state index in [1.165, 1.54) is 11.1 Å². The molecule has 0 fully saturated rings. The largest absolute Gasteiger partial charge is 0.493 e. The molecular weight excluding hydrogens is 464 g/mol. The summed E-state index contributed by atoms with van der Waals surface area (Å²) in [4.78, 5) is 22.4. The number of carbonyl (C=O) groups excluding carboxylic acids is 1. The molecule has 2 aromatic carbocycles. The van der Waals surface area contributed by atoms with Gasteiger partial charge in [0.1, 0.15) is 0 Å². The summed E-state index contributed by atoms with van der Waals surface area (Å²) in [5.74, 6) is 2.89. The van der Waals surface area contributed by atoms with Crippen LogP contribution in [-0.4, -0.2) is 46.7 Å². The fourth-order valence-corrected chi connectivity index (χ4v) is 5.11. The minimum atomic E-state index is -0.0584. The zero-order valence-corrected chi connectivity index (χ0v) is 20.9. The standard InChI is InChI=1S/C26H26N4O4S/c1-15-5-7-16(8-6-15)14-35-26-28-25-27-20-9-17(10-21(31)19(20)13-30(25)29-26)18-11-22(32-2)24(34-4)23(12-18)33-3/h5-8,11-13,17H,9-10,14H2,1-4H3/t17-/m0/s1. The maximum Gasteiger partial charge on any atom is 0.253 e. The summed E-state index contributed by atoms with van der Waals surface area (Å²) in [5, 5.41) is 5.17. The molecule has 0 amide bonds. The molecule has 0 aliphatic heterocycles. The minimum Gasteiger partial charge on any atom is -0.493 e. The Morgan fingerprint density at radius 3 is 2.37 bits per heavy atom. The van der Waals surface area contributed by atoms with Gasteiger partial charge in [-0.25, -0.2) is 9.50 Å². The molecule has 0 radical (unpaired) electrons. The number of nitrogens with zero attached hydrogens (tertiary/aromatic N) is 4. The first-order valence-corrected chi connectivity index (χ1v) is 12.3. The Labute approximate surface area is 207 Å². The van der Waals surface area contributed by atoms with Gasteiger partial charge in [0, 0.05) is 18.4 Å². The Bertz CT molecular complexity index is 1380. The lowest BCUT2D eigenvalue weighted by Gasteiger charge is -2.24. The number of Topliss-reactive ketones (excluding diaryl/α,β-unsaturated/α-hetero) is 1. The van der Waals surface area contributed by atoms with Gasteiger partial charge in [-0.15, -0.1) is 5.10 Å². The summed E-state index contributed by atoms with van der Waals surface area (Å²) >= 11 is 1.55. The van der Waals surface area contributed by atoms with E-state index in [0.29, 0.717) is 46.6 Å². The first kappa shape index (κ1) is 23.2. The third kappa shape index (κ3) is 4.55. The molecule has 0 N–H and O–H groups in total. The number of aryl methyl sites for hydroxylation is 1. The van der Waals surface area contributed by atoms with E-state index in [2.05, 4.69) is 41.3 Å². The average molecular weight is 491 g/mol. The number of hydrogen-bond donors (Lipinski definition) is 0. The number of ether oxygens (including phenoxy) is 3. The molecule has 0 spiro atoms. The summed E-state index contributed by atoms with van der Waals surface area (Å²) in [6.07, 6.45) is 2.73. The van der Waals surface area contributed by atoms with E-state index in [1.54, 1.807) is 43.8 Å². The fourth-order valence-electron chi connectivity index (χ4n) is 4.33. The molecule has 0 saturated carbocycles. The van der Waals surface area contributed by atoms with Gasteiger partial charge in [-0.1, -0.05) is 41.6 Å². The van der Waals surface area contributed by atoms with Crippen LogP contribution in [0.3, 0.4) is 0 Å². The van der Waals surface area contributed by atoms with Crippen LogP contribution >= 0.6 is 11.8 Å². The first-order chi connectivity index (χ1) is 17.0. The van der Waals surface area contributed by atoms with Gasteiger partial charge in [0.05, 0.1) is 32.6 Å². The van der Waals surface area contributed by atoms with Gasteiger partial charge in [0.25, 0.3) is 5.78 Å². The highest BCUT2D eigenvalue weighted by atomic mass is 32.2. The summed E-state index contributed by atoms with van der Waals surface area (Å²) in [7, 11) is 4.74. The van der Waals surface area contributed by atoms with E-state index < -0.39 is 0 Å². The Morgan fingerprint density at radius 1 is 1.00 bits per heavy atom. The van der Waals surface area contributed by atoms with Crippen molar-refractivity contribution in [1.82, 2.24) is 19.6 Å². The van der Waals surface area contributed by atoms with E-state index in [1.807, 2.05) is 12.1 Å². The molecule has 0 saturated heterocycles.